The zero-order chi connectivity index (χ0) is 13.8. The van der Waals surface area contributed by atoms with Crippen LogP contribution in [-0.4, -0.2) is 27.4 Å². The average Bonchev–Trinajstić information content (AvgIpc) is 2.81. The average molecular weight is 300 g/mol. The third-order valence-electron chi connectivity index (χ3n) is 2.42. The molecule has 0 aliphatic rings. The van der Waals surface area contributed by atoms with Crippen LogP contribution in [0.1, 0.15) is 20.3 Å². The fourth-order valence-corrected chi connectivity index (χ4v) is 2.28. The van der Waals surface area contributed by atoms with Crippen molar-refractivity contribution in [3.8, 4) is 0 Å². The van der Waals surface area contributed by atoms with Gasteiger partial charge < -0.3 is 10.1 Å². The Kier molecular flexibility index (Phi) is 4.68. The summed E-state index contributed by atoms with van der Waals surface area (Å²) in [7, 11) is 0. The van der Waals surface area contributed by atoms with Crippen molar-refractivity contribution < 1.29 is 9.53 Å². The summed E-state index contributed by atoms with van der Waals surface area (Å²) in [5.74, 6) is -0.150. The van der Waals surface area contributed by atoms with E-state index in [-0.39, 0.29) is 18.4 Å². The van der Waals surface area contributed by atoms with E-state index < -0.39 is 0 Å². The Hall–Kier alpha value is -1.24. The van der Waals surface area contributed by atoms with Crippen LogP contribution in [0.4, 0.5) is 5.69 Å². The van der Waals surface area contributed by atoms with E-state index in [0.29, 0.717) is 22.8 Å². The minimum absolute atomic E-state index is 0.113. The van der Waals surface area contributed by atoms with Gasteiger partial charge in [0.05, 0.1) is 41.6 Å². The Labute approximate surface area is 120 Å². The number of nitrogens with one attached hydrogen (secondary N) is 1. The van der Waals surface area contributed by atoms with Crippen LogP contribution in [0.3, 0.4) is 0 Å². The Morgan fingerprint density at radius 1 is 1.47 bits per heavy atom. The highest BCUT2D eigenvalue weighted by Crippen LogP contribution is 2.29. The Morgan fingerprint density at radius 3 is 3.00 bits per heavy atom. The number of halogens is 1. The molecule has 2 aromatic rings. The molecule has 2 rings (SSSR count). The molecule has 1 amide bonds. The molecule has 0 radical (unpaired) electrons. The number of carbonyl (C=O) groups is 1. The standard InChI is InChI=1S/C12H14ClN3O2S/c1-7(2)18-6-5-10(17)14-11-8(13)3-4-9-12(11)16-19-15-9/h3-4,7H,5-6H2,1-2H3,(H,14,17). The Morgan fingerprint density at radius 2 is 2.26 bits per heavy atom. The van der Waals surface area contributed by atoms with Gasteiger partial charge in [-0.15, -0.1) is 0 Å². The summed E-state index contributed by atoms with van der Waals surface area (Å²) in [6, 6.07) is 3.48. The SMILES string of the molecule is CC(C)OCCC(=O)Nc1c(Cl)ccc2nsnc12. The van der Waals surface area contributed by atoms with Crippen LogP contribution in [0.15, 0.2) is 12.1 Å². The van der Waals surface area contributed by atoms with Gasteiger partial charge in [-0.2, -0.15) is 8.75 Å². The number of carbonyl (C=O) groups excluding carboxylic acids is 1. The normalized spacial score (nSPS) is 11.2. The predicted molar refractivity (Wildman–Crippen MR) is 76.8 cm³/mol. The molecule has 0 aliphatic heterocycles. The van der Waals surface area contributed by atoms with Crippen molar-refractivity contribution in [2.45, 2.75) is 26.4 Å². The number of fused-ring (bicyclic) bond motifs is 1. The van der Waals surface area contributed by atoms with Crippen LogP contribution >= 0.6 is 23.3 Å². The second-order valence-electron chi connectivity index (χ2n) is 4.27. The van der Waals surface area contributed by atoms with E-state index in [1.165, 1.54) is 0 Å². The number of hydrogen-bond acceptors (Lipinski definition) is 5. The monoisotopic (exact) mass is 299 g/mol. The van der Waals surface area contributed by atoms with Crippen LogP contribution in [0, 0.1) is 0 Å². The first-order chi connectivity index (χ1) is 9.08. The van der Waals surface area contributed by atoms with E-state index in [2.05, 4.69) is 14.1 Å². The topological polar surface area (TPSA) is 64.1 Å². The smallest absolute Gasteiger partial charge is 0.226 e. The molecule has 0 fully saturated rings. The van der Waals surface area contributed by atoms with Crippen molar-refractivity contribution in [1.29, 1.82) is 0 Å². The third-order valence-corrected chi connectivity index (χ3v) is 3.28. The lowest BCUT2D eigenvalue weighted by Crippen LogP contribution is -2.16. The fraction of sp³-hybridized carbons (Fsp3) is 0.417. The van der Waals surface area contributed by atoms with Crippen LogP contribution in [0.2, 0.25) is 5.02 Å². The first kappa shape index (κ1) is 14.2. The van der Waals surface area contributed by atoms with E-state index in [4.69, 9.17) is 16.3 Å². The minimum atomic E-state index is -0.150. The molecule has 5 nitrogen and oxygen atoms in total. The van der Waals surface area contributed by atoms with Crippen molar-refractivity contribution >= 4 is 46.0 Å². The summed E-state index contributed by atoms with van der Waals surface area (Å²) in [6.07, 6.45) is 0.394. The van der Waals surface area contributed by atoms with Gasteiger partial charge in [-0.05, 0) is 26.0 Å². The molecule has 0 bridgehead atoms. The van der Waals surface area contributed by atoms with Gasteiger partial charge in [0, 0.05) is 0 Å². The zero-order valence-corrected chi connectivity index (χ0v) is 12.2. The molecule has 0 saturated heterocycles. The predicted octanol–water partition coefficient (Wildman–Crippen LogP) is 3.10. The molecule has 1 aromatic heterocycles. The molecule has 19 heavy (non-hydrogen) atoms. The number of anilines is 1. The summed E-state index contributed by atoms with van der Waals surface area (Å²) in [6.45, 7) is 4.24. The van der Waals surface area contributed by atoms with Gasteiger partial charge in [-0.3, -0.25) is 4.79 Å². The summed E-state index contributed by atoms with van der Waals surface area (Å²) in [4.78, 5) is 11.8. The van der Waals surface area contributed by atoms with Gasteiger partial charge in [0.15, 0.2) is 0 Å². The van der Waals surface area contributed by atoms with Crippen molar-refractivity contribution in [1.82, 2.24) is 8.75 Å². The maximum Gasteiger partial charge on any atom is 0.226 e. The van der Waals surface area contributed by atoms with Gasteiger partial charge in [0.2, 0.25) is 5.91 Å². The van der Waals surface area contributed by atoms with E-state index in [0.717, 1.165) is 17.2 Å². The van der Waals surface area contributed by atoms with Crippen molar-refractivity contribution in [3.05, 3.63) is 17.2 Å². The summed E-state index contributed by atoms with van der Waals surface area (Å²) in [5, 5.41) is 3.22. The van der Waals surface area contributed by atoms with Crippen LogP contribution < -0.4 is 5.32 Å². The first-order valence-electron chi connectivity index (χ1n) is 5.90. The number of aromatic nitrogens is 2. The maximum absolute atomic E-state index is 11.8. The fourth-order valence-electron chi connectivity index (χ4n) is 1.53. The van der Waals surface area contributed by atoms with E-state index in [9.17, 15) is 4.79 Å². The molecular formula is C12H14ClN3O2S. The third kappa shape index (κ3) is 3.62. The summed E-state index contributed by atoms with van der Waals surface area (Å²) in [5.41, 5.74) is 1.86. The minimum Gasteiger partial charge on any atom is -0.378 e. The number of amides is 1. The van der Waals surface area contributed by atoms with Gasteiger partial charge in [0.25, 0.3) is 0 Å². The highest BCUT2D eigenvalue weighted by atomic mass is 35.5. The Bertz CT molecular complexity index is 585. The number of nitrogens with zero attached hydrogens (tertiary/aromatic N) is 2. The van der Waals surface area contributed by atoms with Crippen molar-refractivity contribution in [3.63, 3.8) is 0 Å². The second kappa shape index (κ2) is 6.27. The molecular weight excluding hydrogens is 286 g/mol. The molecule has 0 atom stereocenters. The van der Waals surface area contributed by atoms with Crippen molar-refractivity contribution in [2.75, 3.05) is 11.9 Å². The lowest BCUT2D eigenvalue weighted by molar-refractivity contribution is -0.117. The molecule has 0 unspecified atom stereocenters. The molecule has 1 N–H and O–H groups in total. The lowest BCUT2D eigenvalue weighted by atomic mass is 10.2. The van der Waals surface area contributed by atoms with Gasteiger partial charge in [-0.25, -0.2) is 0 Å². The highest BCUT2D eigenvalue weighted by Gasteiger charge is 2.12. The molecule has 0 aliphatic carbocycles. The van der Waals surface area contributed by atoms with Crippen LogP contribution in [0.5, 0.6) is 0 Å². The van der Waals surface area contributed by atoms with Gasteiger partial charge >= 0.3 is 0 Å². The van der Waals surface area contributed by atoms with E-state index in [1.54, 1.807) is 12.1 Å². The second-order valence-corrected chi connectivity index (χ2v) is 5.21. The highest BCUT2D eigenvalue weighted by molar-refractivity contribution is 7.00. The van der Waals surface area contributed by atoms with Crippen LogP contribution in [-0.2, 0) is 9.53 Å². The molecule has 0 spiro atoms. The molecule has 0 saturated carbocycles. The first-order valence-corrected chi connectivity index (χ1v) is 7.01. The van der Waals surface area contributed by atoms with Gasteiger partial charge in [0.1, 0.15) is 11.0 Å². The largest absolute Gasteiger partial charge is 0.378 e. The van der Waals surface area contributed by atoms with Crippen LogP contribution in [0.25, 0.3) is 11.0 Å². The summed E-state index contributed by atoms with van der Waals surface area (Å²) >= 11 is 7.17. The van der Waals surface area contributed by atoms with Gasteiger partial charge in [-0.1, -0.05) is 11.6 Å². The number of benzene rings is 1. The lowest BCUT2D eigenvalue weighted by Gasteiger charge is -2.09. The maximum atomic E-state index is 11.8. The molecule has 7 heteroatoms. The molecule has 102 valence electrons. The molecule has 1 heterocycles. The summed E-state index contributed by atoms with van der Waals surface area (Å²) < 4.78 is 13.6. The number of rotatable bonds is 5. The van der Waals surface area contributed by atoms with E-state index in [1.807, 2.05) is 13.8 Å². The number of hydrogen-bond donors (Lipinski definition) is 1. The zero-order valence-electron chi connectivity index (χ0n) is 10.6. The number of ether oxygens (including phenoxy) is 1. The quantitative estimate of drug-likeness (QED) is 0.921. The molecule has 1 aromatic carbocycles. The Balaban J connectivity index is 2.06. The van der Waals surface area contributed by atoms with Crippen molar-refractivity contribution in [2.24, 2.45) is 0 Å². The van der Waals surface area contributed by atoms with E-state index >= 15 is 0 Å².